The number of carbonyl (C=O) groups is 1. The van der Waals surface area contributed by atoms with Gasteiger partial charge in [0.05, 0.1) is 11.8 Å². The normalized spacial score (nSPS) is 19.8. The minimum atomic E-state index is -0.823. The third kappa shape index (κ3) is 3.34. The highest BCUT2D eigenvalue weighted by Crippen LogP contribution is 2.44. The minimum absolute atomic E-state index is 0.0999. The smallest absolute Gasteiger partial charge is 0.251 e. The zero-order chi connectivity index (χ0) is 20.0. The molecule has 2 aliphatic rings. The Labute approximate surface area is 181 Å². The fraction of sp³-hybridized carbons (Fsp3) is 0.130. The number of hydrazone groups is 1. The van der Waals surface area contributed by atoms with Crippen molar-refractivity contribution < 1.29 is 9.53 Å². The van der Waals surface area contributed by atoms with Gasteiger partial charge >= 0.3 is 0 Å². The van der Waals surface area contributed by atoms with Gasteiger partial charge in [0.25, 0.3) is 6.23 Å². The molecular weight excluding hydrogens is 452 g/mol. The van der Waals surface area contributed by atoms with E-state index in [2.05, 4.69) is 15.9 Å². The number of carbonyl (C=O) groups excluding carboxylic acids is 1. The molecule has 2 atom stereocenters. The number of nitrogens with zero attached hydrogens (tertiary/aromatic N) is 2. The summed E-state index contributed by atoms with van der Waals surface area (Å²) in [6, 6.07) is 22.7. The first-order chi connectivity index (χ1) is 14.1. The Hall–Kier alpha value is -2.63. The summed E-state index contributed by atoms with van der Waals surface area (Å²) in [5.74, 6) is 0.553. The molecule has 0 bridgehead atoms. The Morgan fingerprint density at radius 2 is 1.83 bits per heavy atom. The number of fused-ring (bicyclic) bond motifs is 3. The van der Waals surface area contributed by atoms with E-state index in [1.54, 1.807) is 23.2 Å². The van der Waals surface area contributed by atoms with E-state index in [1.807, 2.05) is 54.6 Å². The Kier molecular flexibility index (Phi) is 4.64. The van der Waals surface area contributed by atoms with Crippen molar-refractivity contribution in [3.8, 4) is 5.75 Å². The topological polar surface area (TPSA) is 41.9 Å². The lowest BCUT2D eigenvalue weighted by atomic mass is 9.96. The lowest BCUT2D eigenvalue weighted by molar-refractivity contribution is -0.00455. The van der Waals surface area contributed by atoms with Gasteiger partial charge in [-0.1, -0.05) is 70.0 Å². The molecule has 0 aromatic heterocycles. The van der Waals surface area contributed by atoms with Crippen molar-refractivity contribution in [2.75, 3.05) is 0 Å². The van der Waals surface area contributed by atoms with Crippen molar-refractivity contribution in [1.29, 1.82) is 0 Å². The summed E-state index contributed by atoms with van der Waals surface area (Å²) in [4.78, 5) is 13.3. The molecule has 2 aliphatic heterocycles. The fourth-order valence-electron chi connectivity index (χ4n) is 3.79. The van der Waals surface area contributed by atoms with Gasteiger partial charge in [-0.05, 0) is 35.9 Å². The first-order valence-electron chi connectivity index (χ1n) is 9.27. The van der Waals surface area contributed by atoms with Gasteiger partial charge in [0.2, 0.25) is 5.78 Å². The molecule has 4 nitrogen and oxygen atoms in total. The van der Waals surface area contributed by atoms with Crippen LogP contribution < -0.4 is 4.74 Å². The predicted molar refractivity (Wildman–Crippen MR) is 117 cm³/mol. The number of ether oxygens (including phenoxy) is 1. The van der Waals surface area contributed by atoms with Crippen LogP contribution in [-0.2, 0) is 0 Å². The SMILES string of the molecule is O=C(c1ccc(Br)cc1)[C@@H]1Oc2ccc(Cl)cc2[C@H]2CC(c3ccccc3)=NN21. The van der Waals surface area contributed by atoms with E-state index in [4.69, 9.17) is 21.4 Å². The van der Waals surface area contributed by atoms with Crippen molar-refractivity contribution in [2.24, 2.45) is 5.10 Å². The van der Waals surface area contributed by atoms with Crippen LogP contribution in [0.1, 0.15) is 33.9 Å². The summed E-state index contributed by atoms with van der Waals surface area (Å²) in [6.07, 6.45) is -0.138. The summed E-state index contributed by atoms with van der Waals surface area (Å²) in [6.45, 7) is 0. The molecule has 3 aromatic rings. The molecule has 0 radical (unpaired) electrons. The van der Waals surface area contributed by atoms with Crippen molar-refractivity contribution in [3.05, 3.63) is 99.0 Å². The maximum Gasteiger partial charge on any atom is 0.251 e. The molecule has 6 heteroatoms. The minimum Gasteiger partial charge on any atom is -0.461 e. The van der Waals surface area contributed by atoms with Crippen LogP contribution in [0.2, 0.25) is 5.02 Å². The molecule has 5 rings (SSSR count). The standard InChI is InChI=1S/C23H16BrClN2O2/c24-16-8-6-15(7-9-16)22(28)23-27-20(18-12-17(25)10-11-21(18)29-23)13-19(26-27)14-4-2-1-3-5-14/h1-12,20,23H,13H2/t20-,23+/m1/s1. The number of hydrogen-bond acceptors (Lipinski definition) is 4. The van der Waals surface area contributed by atoms with Crippen LogP contribution in [0.4, 0.5) is 0 Å². The van der Waals surface area contributed by atoms with Gasteiger partial charge in [-0.2, -0.15) is 5.10 Å². The second-order valence-corrected chi connectivity index (χ2v) is 8.39. The Morgan fingerprint density at radius 1 is 1.07 bits per heavy atom. The highest BCUT2D eigenvalue weighted by molar-refractivity contribution is 9.10. The predicted octanol–water partition coefficient (Wildman–Crippen LogP) is 5.86. The van der Waals surface area contributed by atoms with Gasteiger partial charge in [-0.15, -0.1) is 0 Å². The van der Waals surface area contributed by atoms with Crippen molar-refractivity contribution in [3.63, 3.8) is 0 Å². The van der Waals surface area contributed by atoms with E-state index in [0.29, 0.717) is 22.8 Å². The van der Waals surface area contributed by atoms with E-state index < -0.39 is 6.23 Å². The first kappa shape index (κ1) is 18.4. The Bertz CT molecular complexity index is 1120. The molecule has 0 saturated carbocycles. The molecular formula is C23H16BrClN2O2. The summed E-state index contributed by atoms with van der Waals surface area (Å²) in [7, 11) is 0. The largest absolute Gasteiger partial charge is 0.461 e. The van der Waals surface area contributed by atoms with Gasteiger partial charge in [-0.3, -0.25) is 4.79 Å². The summed E-state index contributed by atoms with van der Waals surface area (Å²) in [5.41, 5.74) is 3.51. The van der Waals surface area contributed by atoms with Crippen LogP contribution in [-0.4, -0.2) is 22.7 Å². The quantitative estimate of drug-likeness (QED) is 0.453. The van der Waals surface area contributed by atoms with E-state index in [-0.39, 0.29) is 11.8 Å². The zero-order valence-corrected chi connectivity index (χ0v) is 17.6. The maximum atomic E-state index is 13.3. The lowest BCUT2D eigenvalue weighted by Gasteiger charge is -2.37. The van der Waals surface area contributed by atoms with Crippen LogP contribution in [0.5, 0.6) is 5.75 Å². The molecule has 0 N–H and O–H groups in total. The highest BCUT2D eigenvalue weighted by atomic mass is 79.9. The molecule has 0 spiro atoms. The van der Waals surface area contributed by atoms with Crippen molar-refractivity contribution in [2.45, 2.75) is 18.7 Å². The first-order valence-corrected chi connectivity index (χ1v) is 10.4. The van der Waals surface area contributed by atoms with Gasteiger partial charge in [0, 0.05) is 27.0 Å². The second-order valence-electron chi connectivity index (χ2n) is 7.04. The lowest BCUT2D eigenvalue weighted by Crippen LogP contribution is -2.45. The molecule has 0 unspecified atom stereocenters. The Morgan fingerprint density at radius 3 is 2.59 bits per heavy atom. The van der Waals surface area contributed by atoms with Gasteiger partial charge in [0.1, 0.15) is 5.75 Å². The van der Waals surface area contributed by atoms with E-state index in [0.717, 1.165) is 21.3 Å². The fourth-order valence-corrected chi connectivity index (χ4v) is 4.24. The zero-order valence-electron chi connectivity index (χ0n) is 15.3. The van der Waals surface area contributed by atoms with E-state index in [9.17, 15) is 4.79 Å². The van der Waals surface area contributed by atoms with Crippen LogP contribution in [0.25, 0.3) is 0 Å². The Balaban J connectivity index is 1.57. The summed E-state index contributed by atoms with van der Waals surface area (Å²) < 4.78 is 7.05. The molecule has 0 amide bonds. The third-order valence-electron chi connectivity index (χ3n) is 5.21. The average molecular weight is 468 g/mol. The van der Waals surface area contributed by atoms with Crippen LogP contribution in [0, 0.1) is 0 Å². The number of rotatable bonds is 3. The second kappa shape index (κ2) is 7.32. The van der Waals surface area contributed by atoms with Crippen molar-refractivity contribution in [1.82, 2.24) is 5.01 Å². The van der Waals surface area contributed by atoms with Crippen LogP contribution in [0.15, 0.2) is 82.4 Å². The van der Waals surface area contributed by atoms with E-state index >= 15 is 0 Å². The van der Waals surface area contributed by atoms with Crippen molar-refractivity contribution >= 4 is 39.0 Å². The third-order valence-corrected chi connectivity index (χ3v) is 5.98. The number of Topliss-reactive ketones (excluding diaryl/α,β-unsaturated/α-hetero) is 1. The van der Waals surface area contributed by atoms with Crippen LogP contribution >= 0.6 is 27.5 Å². The summed E-state index contributed by atoms with van der Waals surface area (Å²) >= 11 is 9.66. The van der Waals surface area contributed by atoms with Gasteiger partial charge < -0.3 is 4.74 Å². The molecule has 0 aliphatic carbocycles. The molecule has 144 valence electrons. The molecule has 29 heavy (non-hydrogen) atoms. The molecule has 0 saturated heterocycles. The number of hydrogen-bond donors (Lipinski definition) is 0. The van der Waals surface area contributed by atoms with Gasteiger partial charge in [-0.25, -0.2) is 5.01 Å². The summed E-state index contributed by atoms with van der Waals surface area (Å²) in [5, 5.41) is 7.23. The van der Waals surface area contributed by atoms with E-state index in [1.165, 1.54) is 0 Å². The molecule has 0 fully saturated rings. The van der Waals surface area contributed by atoms with Gasteiger partial charge in [0.15, 0.2) is 0 Å². The highest BCUT2D eigenvalue weighted by Gasteiger charge is 2.43. The number of ketones is 1. The molecule has 3 aromatic carbocycles. The monoisotopic (exact) mass is 466 g/mol. The van der Waals surface area contributed by atoms with Crippen LogP contribution in [0.3, 0.4) is 0 Å². The average Bonchev–Trinajstić information content (AvgIpc) is 3.20. The molecule has 2 heterocycles. The number of halogens is 2. The number of benzene rings is 3. The maximum absolute atomic E-state index is 13.3.